The summed E-state index contributed by atoms with van der Waals surface area (Å²) < 4.78 is 164. The van der Waals surface area contributed by atoms with E-state index in [0.29, 0.717) is 148 Å². The Morgan fingerprint density at radius 3 is 1.95 bits per heavy atom. The summed E-state index contributed by atoms with van der Waals surface area (Å²) in [6.07, 6.45) is 12.9. The Morgan fingerprint density at radius 2 is 1.32 bits per heavy atom. The van der Waals surface area contributed by atoms with Gasteiger partial charge in [0, 0.05) is 85.9 Å². The number of aryl methyl sites for hydroxylation is 1. The molecule has 0 aromatic heterocycles. The number of hydrogen-bond acceptors (Lipinski definition) is 17. The lowest BCUT2D eigenvalue weighted by Crippen LogP contribution is -2.31. The predicted octanol–water partition coefficient (Wildman–Crippen LogP) is 5.47. The van der Waals surface area contributed by atoms with Crippen LogP contribution in [0.4, 0.5) is 11.4 Å². The number of anilines is 1. The average Bonchev–Trinajstić information content (AvgIpc) is 1.76. The number of carbonyl (C=O) groups is 3. The van der Waals surface area contributed by atoms with Crippen LogP contribution in [0.15, 0.2) is 130 Å². The summed E-state index contributed by atoms with van der Waals surface area (Å²) in [7, 11) is -18.4. The normalized spacial score (nSPS) is 18.0. The molecule has 0 saturated carbocycles. The smallest absolute Gasteiger partial charge is 0.294 e. The van der Waals surface area contributed by atoms with Gasteiger partial charge in [-0.2, -0.15) is 29.8 Å². The van der Waals surface area contributed by atoms with E-state index in [1.807, 2.05) is 18.2 Å². The van der Waals surface area contributed by atoms with Gasteiger partial charge in [0.2, 0.25) is 11.6 Å². The fraction of sp³-hybridized carbons (Fsp3) is 0.439. The number of allylic oxidation sites excluding steroid dienone is 7. The maximum atomic E-state index is 12.8. The molecule has 0 fully saturated rings. The summed E-state index contributed by atoms with van der Waals surface area (Å²) in [5.74, 6) is -1.28. The van der Waals surface area contributed by atoms with Crippen LogP contribution in [0.2, 0.25) is 0 Å². The topological polar surface area (TPSA) is 330 Å². The highest BCUT2D eigenvalue weighted by Gasteiger charge is 2.45. The van der Waals surface area contributed by atoms with E-state index in [1.54, 1.807) is 67.5 Å². The minimum absolute atomic E-state index is 0.149. The van der Waals surface area contributed by atoms with Crippen molar-refractivity contribution in [3.8, 4) is 5.75 Å². The van der Waals surface area contributed by atoms with Crippen LogP contribution in [0.1, 0.15) is 82.9 Å². The van der Waals surface area contributed by atoms with E-state index in [4.69, 9.17) is 18.9 Å². The van der Waals surface area contributed by atoms with Crippen LogP contribution in [-0.2, 0) is 86.3 Å². The Kier molecular flexibility index (Phi) is 21.3. The number of hydrogen-bond donors (Lipinski definition) is 4. The molecule has 3 aliphatic heterocycles. The number of amides is 3. The van der Waals surface area contributed by atoms with Crippen molar-refractivity contribution in [3.63, 3.8) is 0 Å². The maximum absolute atomic E-state index is 12.8. The van der Waals surface area contributed by atoms with Gasteiger partial charge in [-0.05, 0) is 129 Å². The van der Waals surface area contributed by atoms with Crippen molar-refractivity contribution in [2.45, 2.75) is 93.3 Å². The largest absolute Gasteiger partial charge is 0.744 e. The standard InChI is InChI=1S/C57H70N4O19S4/c1-56(2)46-38-44(83(71,72)73)17-19-48(46)59(28-36-81(65,66)67)50(56)21-13-41-8-5-9-42(14-22-51-57(3,4)47-39-45(84(74,75)76)18-20-49(47)60(51)29-37-82(68,69)70)55(41)80-43-15-10-40(11-16-43)12-23-52(62)58-26-6-30-77-32-34-79-35-33-78-31-7-27-61-53(63)24-25-54(61)64/h10-11,13-22,24-25,38-39H,5-9,12,23,26-37H2,1-4H3,(H4-,58,62,65,66,67,68,69,70,71,72,73,74,75,76). The van der Waals surface area contributed by atoms with E-state index in [0.717, 1.165) is 16.5 Å². The van der Waals surface area contributed by atoms with Crippen molar-refractivity contribution in [2.24, 2.45) is 0 Å². The molecule has 456 valence electrons. The zero-order chi connectivity index (χ0) is 61.3. The summed E-state index contributed by atoms with van der Waals surface area (Å²) in [5.41, 5.74) is 3.05. The molecular formula is C57H70N4O19S4. The molecule has 3 aromatic carbocycles. The van der Waals surface area contributed by atoms with Gasteiger partial charge in [-0.3, -0.25) is 32.9 Å². The molecule has 3 amide bonds. The zero-order valence-electron chi connectivity index (χ0n) is 47.0. The molecule has 0 spiro atoms. The zero-order valence-corrected chi connectivity index (χ0v) is 50.3. The Hall–Kier alpha value is -6.24. The van der Waals surface area contributed by atoms with E-state index >= 15 is 0 Å². The van der Waals surface area contributed by atoms with Crippen LogP contribution in [-0.4, -0.2) is 162 Å². The second-order valence-corrected chi connectivity index (χ2v) is 27.3. The van der Waals surface area contributed by atoms with Crippen molar-refractivity contribution in [1.29, 1.82) is 0 Å². The van der Waals surface area contributed by atoms with Gasteiger partial charge in [-0.1, -0.05) is 32.1 Å². The predicted molar refractivity (Wildman–Crippen MR) is 309 cm³/mol. The summed E-state index contributed by atoms with van der Waals surface area (Å²) in [5, 5.41) is 2.91. The summed E-state index contributed by atoms with van der Waals surface area (Å²) in [6, 6.07) is 15.0. The van der Waals surface area contributed by atoms with Crippen LogP contribution in [0.5, 0.6) is 5.75 Å². The summed E-state index contributed by atoms with van der Waals surface area (Å²) in [6.45, 7) is 9.68. The average molecular weight is 1240 g/mol. The summed E-state index contributed by atoms with van der Waals surface area (Å²) in [4.78, 5) is 38.0. The Balaban J connectivity index is 1.06. The Labute approximate surface area is 490 Å². The molecule has 0 saturated heterocycles. The van der Waals surface area contributed by atoms with Crippen molar-refractivity contribution >= 4 is 75.3 Å². The molecule has 4 N–H and O–H groups in total. The van der Waals surface area contributed by atoms with Crippen LogP contribution in [0.25, 0.3) is 0 Å². The van der Waals surface area contributed by atoms with E-state index in [9.17, 15) is 66.3 Å². The SMILES string of the molecule is CC1(C)C(/C=C/C2=C(Oc3ccc(CCC(=O)NCCCOCCOCCOCCCN4C(=O)C=CC4=O)cc3)C(=C/C=C3/N(CCS(=O)(=O)O)c4ccc(S(=O)(=O)O)cc4C3(C)C)/CCC2)=[N+](CCS(=O)(=O)O)c2ccc(S(=O)(=O)[O-])cc21. The number of fused-ring (bicyclic) bond motifs is 2. The highest BCUT2D eigenvalue weighted by atomic mass is 32.2. The summed E-state index contributed by atoms with van der Waals surface area (Å²) >= 11 is 0. The van der Waals surface area contributed by atoms with Gasteiger partial charge in [0.05, 0.1) is 47.4 Å². The quantitative estimate of drug-likeness (QED) is 0.0278. The molecule has 3 aromatic rings. The lowest BCUT2D eigenvalue weighted by Gasteiger charge is -2.27. The Morgan fingerprint density at radius 1 is 0.702 bits per heavy atom. The highest BCUT2D eigenvalue weighted by Crippen LogP contribution is 2.49. The third-order valence-electron chi connectivity index (χ3n) is 14.7. The lowest BCUT2D eigenvalue weighted by molar-refractivity contribution is -0.432. The molecule has 27 heteroatoms. The molecule has 3 heterocycles. The number of rotatable bonds is 30. The van der Waals surface area contributed by atoms with Gasteiger partial charge in [0.25, 0.3) is 42.2 Å². The Bertz CT molecular complexity index is 3640. The first-order chi connectivity index (χ1) is 39.4. The third-order valence-corrected chi connectivity index (χ3v) is 17.8. The van der Waals surface area contributed by atoms with Crippen molar-refractivity contribution in [1.82, 2.24) is 10.2 Å². The first kappa shape index (κ1) is 65.3. The fourth-order valence-corrected chi connectivity index (χ4v) is 12.2. The minimum atomic E-state index is -4.88. The second-order valence-electron chi connectivity index (χ2n) is 21.4. The number of carbonyl (C=O) groups excluding carboxylic acids is 3. The number of ether oxygens (including phenoxy) is 4. The van der Waals surface area contributed by atoms with E-state index < -0.39 is 67.7 Å². The molecule has 84 heavy (non-hydrogen) atoms. The second kappa shape index (κ2) is 27.4. The van der Waals surface area contributed by atoms with Gasteiger partial charge in [-0.15, -0.1) is 0 Å². The highest BCUT2D eigenvalue weighted by molar-refractivity contribution is 7.86. The van der Waals surface area contributed by atoms with Crippen LogP contribution >= 0.6 is 0 Å². The van der Waals surface area contributed by atoms with Crippen molar-refractivity contribution in [3.05, 3.63) is 136 Å². The number of imide groups is 1. The molecule has 0 radical (unpaired) electrons. The first-order valence-electron chi connectivity index (χ1n) is 27.1. The van der Waals surface area contributed by atoms with Gasteiger partial charge >= 0.3 is 0 Å². The van der Waals surface area contributed by atoms with E-state index in [1.165, 1.54) is 42.5 Å². The van der Waals surface area contributed by atoms with Gasteiger partial charge in [0.15, 0.2) is 12.3 Å². The molecule has 7 rings (SSSR count). The first-order valence-corrected chi connectivity index (χ1v) is 33.2. The fourth-order valence-electron chi connectivity index (χ4n) is 10.3. The monoisotopic (exact) mass is 1240 g/mol. The van der Waals surface area contributed by atoms with Crippen LogP contribution in [0.3, 0.4) is 0 Å². The van der Waals surface area contributed by atoms with Crippen molar-refractivity contribution in [2.75, 3.05) is 82.2 Å². The number of benzene rings is 3. The van der Waals surface area contributed by atoms with Gasteiger partial charge in [0.1, 0.15) is 27.4 Å². The number of nitrogens with one attached hydrogen (secondary N) is 1. The third kappa shape index (κ3) is 17.2. The van der Waals surface area contributed by atoms with Crippen molar-refractivity contribution < 1.29 is 89.8 Å². The van der Waals surface area contributed by atoms with Crippen LogP contribution < -0.4 is 15.0 Å². The molecular weight excluding hydrogens is 1170 g/mol. The molecule has 23 nitrogen and oxygen atoms in total. The molecule has 4 aliphatic rings. The van der Waals surface area contributed by atoms with E-state index in [-0.39, 0.29) is 42.1 Å². The molecule has 0 bridgehead atoms. The van der Waals surface area contributed by atoms with E-state index in [2.05, 4.69) is 5.32 Å². The van der Waals surface area contributed by atoms with Gasteiger partial charge < -0.3 is 33.7 Å². The van der Waals surface area contributed by atoms with Crippen LogP contribution in [0, 0.1) is 0 Å². The minimum Gasteiger partial charge on any atom is -0.744 e. The number of nitrogens with zero attached hydrogens (tertiary/aromatic N) is 3. The lowest BCUT2D eigenvalue weighted by atomic mass is 9.81. The van der Waals surface area contributed by atoms with Gasteiger partial charge in [-0.25, -0.2) is 8.42 Å². The molecule has 1 aliphatic carbocycles. The molecule has 0 unspecified atom stereocenters. The molecule has 0 atom stereocenters. The maximum Gasteiger partial charge on any atom is 0.294 e.